The van der Waals surface area contributed by atoms with E-state index in [1.807, 2.05) is 0 Å². The fourth-order valence-electron chi connectivity index (χ4n) is 0.908. The van der Waals surface area contributed by atoms with Gasteiger partial charge in [0.2, 0.25) is 5.95 Å². The van der Waals surface area contributed by atoms with Gasteiger partial charge in [-0.3, -0.25) is 4.79 Å². The van der Waals surface area contributed by atoms with E-state index in [1.54, 1.807) is 0 Å². The zero-order chi connectivity index (χ0) is 10.9. The highest BCUT2D eigenvalue weighted by Crippen LogP contribution is 2.30. The van der Waals surface area contributed by atoms with E-state index in [2.05, 4.69) is 4.98 Å². The number of halogens is 4. The largest absolute Gasteiger partial charge is 0.395 e. The van der Waals surface area contributed by atoms with Gasteiger partial charge in [0, 0.05) is 6.20 Å². The van der Waals surface area contributed by atoms with Crippen LogP contribution in [-0.4, -0.2) is 10.2 Å². The molecule has 1 heterocycles. The van der Waals surface area contributed by atoms with E-state index in [9.17, 15) is 18.0 Å². The predicted molar refractivity (Wildman–Crippen MR) is 43.7 cm³/mol. The molecule has 1 rings (SSSR count). The Hall–Kier alpha value is -1.30. The van der Waals surface area contributed by atoms with E-state index in [1.165, 1.54) is 0 Å². The number of aromatic nitrogens is 1. The first-order chi connectivity index (χ1) is 6.45. The van der Waals surface area contributed by atoms with Crippen LogP contribution in [0.2, 0.25) is 0 Å². The summed E-state index contributed by atoms with van der Waals surface area (Å²) in [6.45, 7) is 0. The molecule has 0 fully saturated rings. The van der Waals surface area contributed by atoms with Crippen molar-refractivity contribution in [3.8, 4) is 0 Å². The van der Waals surface area contributed by atoms with E-state index < -0.39 is 34.4 Å². The van der Waals surface area contributed by atoms with Gasteiger partial charge in [-0.25, -0.2) is 13.8 Å². The fraction of sp³-hybridized carbons (Fsp3) is 0.143. The van der Waals surface area contributed by atoms with Gasteiger partial charge in [0.05, 0.1) is 16.8 Å². The number of hydrogen-bond donors (Lipinski definition) is 1. The number of rotatable bonds is 2. The number of anilines is 1. The third-order valence-corrected chi connectivity index (χ3v) is 1.74. The molecule has 0 saturated carbocycles. The van der Waals surface area contributed by atoms with Crippen molar-refractivity contribution < 1.29 is 18.0 Å². The number of nitrogens with zero attached hydrogens (tertiary/aromatic N) is 1. The summed E-state index contributed by atoms with van der Waals surface area (Å²) in [6, 6.07) is 0. The molecule has 14 heavy (non-hydrogen) atoms. The van der Waals surface area contributed by atoms with Gasteiger partial charge in [-0.2, -0.15) is 4.39 Å². The lowest BCUT2D eigenvalue weighted by atomic mass is 10.1. The number of carbonyl (C=O) groups is 1. The van der Waals surface area contributed by atoms with Crippen LogP contribution in [0.1, 0.15) is 22.3 Å². The van der Waals surface area contributed by atoms with Crippen molar-refractivity contribution in [2.75, 3.05) is 5.73 Å². The van der Waals surface area contributed by atoms with Crippen LogP contribution < -0.4 is 5.73 Å². The Morgan fingerprint density at radius 3 is 2.57 bits per heavy atom. The van der Waals surface area contributed by atoms with Crippen molar-refractivity contribution in [2.24, 2.45) is 0 Å². The molecule has 0 aliphatic heterocycles. The second kappa shape index (κ2) is 3.83. The van der Waals surface area contributed by atoms with Gasteiger partial charge >= 0.3 is 0 Å². The first-order valence-electron chi connectivity index (χ1n) is 3.37. The van der Waals surface area contributed by atoms with Crippen molar-refractivity contribution >= 4 is 22.5 Å². The average Bonchev–Trinajstić information content (AvgIpc) is 2.08. The zero-order valence-electron chi connectivity index (χ0n) is 6.60. The molecule has 0 aromatic carbocycles. The molecular formula is C7H4ClF3N2O. The highest BCUT2D eigenvalue weighted by molar-refractivity contribution is 6.68. The van der Waals surface area contributed by atoms with Crippen LogP contribution in [-0.2, 0) is 0 Å². The van der Waals surface area contributed by atoms with Gasteiger partial charge in [0.1, 0.15) is 0 Å². The topological polar surface area (TPSA) is 56.0 Å². The van der Waals surface area contributed by atoms with Crippen molar-refractivity contribution in [3.63, 3.8) is 0 Å². The standard InChI is InChI=1S/C7H4ClF3N2O/c8-5(14)2-1-13-7(11)4(12)3(2)6(9)10/h1,6H,12H2. The molecule has 1 aromatic rings. The Morgan fingerprint density at radius 2 is 2.14 bits per heavy atom. The third-order valence-electron chi connectivity index (χ3n) is 1.54. The van der Waals surface area contributed by atoms with Gasteiger partial charge in [-0.05, 0) is 11.6 Å². The first kappa shape index (κ1) is 10.8. The smallest absolute Gasteiger partial charge is 0.266 e. The van der Waals surface area contributed by atoms with Crippen molar-refractivity contribution in [1.82, 2.24) is 4.98 Å². The van der Waals surface area contributed by atoms with Crippen LogP contribution in [0.3, 0.4) is 0 Å². The summed E-state index contributed by atoms with van der Waals surface area (Å²) in [5, 5.41) is -1.15. The lowest BCUT2D eigenvalue weighted by Crippen LogP contribution is -2.07. The minimum atomic E-state index is -3.08. The Kier molecular flexibility index (Phi) is 2.95. The number of pyridine rings is 1. The maximum absolute atomic E-state index is 12.7. The minimum absolute atomic E-state index is 0.583. The lowest BCUT2D eigenvalue weighted by molar-refractivity contribution is 0.106. The van der Waals surface area contributed by atoms with Gasteiger partial charge < -0.3 is 5.73 Å². The van der Waals surface area contributed by atoms with E-state index >= 15 is 0 Å². The van der Waals surface area contributed by atoms with E-state index in [0.717, 1.165) is 0 Å². The molecule has 1 aromatic heterocycles. The normalized spacial score (nSPS) is 10.6. The van der Waals surface area contributed by atoms with Crippen molar-refractivity contribution in [3.05, 3.63) is 23.3 Å². The predicted octanol–water partition coefficient (Wildman–Crippen LogP) is 2.12. The molecule has 0 atom stereocenters. The van der Waals surface area contributed by atoms with Gasteiger partial charge in [0.25, 0.3) is 11.7 Å². The van der Waals surface area contributed by atoms with Crippen LogP contribution in [0.15, 0.2) is 6.20 Å². The summed E-state index contributed by atoms with van der Waals surface area (Å²) in [4.78, 5) is 13.7. The number of carbonyl (C=O) groups excluding carboxylic acids is 1. The molecule has 3 nitrogen and oxygen atoms in total. The molecule has 0 saturated heterocycles. The summed E-state index contributed by atoms with van der Waals surface area (Å²) < 4.78 is 37.3. The van der Waals surface area contributed by atoms with Crippen molar-refractivity contribution in [2.45, 2.75) is 6.43 Å². The molecule has 2 N–H and O–H groups in total. The molecule has 0 spiro atoms. The van der Waals surface area contributed by atoms with Crippen LogP contribution in [0.5, 0.6) is 0 Å². The monoisotopic (exact) mass is 224 g/mol. The Labute approximate surface area is 81.7 Å². The highest BCUT2D eigenvalue weighted by Gasteiger charge is 2.23. The SMILES string of the molecule is Nc1c(F)ncc(C(=O)Cl)c1C(F)F. The lowest BCUT2D eigenvalue weighted by Gasteiger charge is -2.07. The molecule has 0 unspecified atom stereocenters. The quantitative estimate of drug-likeness (QED) is 0.618. The average molecular weight is 225 g/mol. The number of nitrogens with two attached hydrogens (primary N) is 1. The third kappa shape index (κ3) is 1.79. The number of alkyl halides is 2. The molecule has 0 amide bonds. The number of nitrogen functional groups attached to an aromatic ring is 1. The minimum Gasteiger partial charge on any atom is -0.395 e. The molecular weight excluding hydrogens is 221 g/mol. The van der Waals surface area contributed by atoms with Gasteiger partial charge in [-0.1, -0.05) is 0 Å². The van der Waals surface area contributed by atoms with E-state index in [4.69, 9.17) is 17.3 Å². The Balaban J connectivity index is 3.45. The van der Waals surface area contributed by atoms with Crippen LogP contribution >= 0.6 is 11.6 Å². The van der Waals surface area contributed by atoms with E-state index in [0.29, 0.717) is 6.20 Å². The molecule has 0 aliphatic carbocycles. The van der Waals surface area contributed by atoms with E-state index in [-0.39, 0.29) is 0 Å². The fourth-order valence-corrected chi connectivity index (χ4v) is 1.06. The summed E-state index contributed by atoms with van der Waals surface area (Å²) in [5.41, 5.74) is 2.64. The van der Waals surface area contributed by atoms with Gasteiger partial charge in [0.15, 0.2) is 0 Å². The highest BCUT2D eigenvalue weighted by atomic mass is 35.5. The zero-order valence-corrected chi connectivity index (χ0v) is 7.36. The second-order valence-corrected chi connectivity index (χ2v) is 2.71. The maximum Gasteiger partial charge on any atom is 0.266 e. The Bertz CT molecular complexity index is 383. The summed E-state index contributed by atoms with van der Waals surface area (Å²) in [5.74, 6) is -1.25. The second-order valence-electron chi connectivity index (χ2n) is 2.36. The molecule has 76 valence electrons. The van der Waals surface area contributed by atoms with Crippen molar-refractivity contribution in [1.29, 1.82) is 0 Å². The molecule has 0 radical (unpaired) electrons. The molecule has 0 aliphatic rings. The summed E-state index contributed by atoms with van der Waals surface area (Å²) >= 11 is 4.99. The van der Waals surface area contributed by atoms with Crippen LogP contribution in [0, 0.1) is 5.95 Å². The first-order valence-corrected chi connectivity index (χ1v) is 3.74. The maximum atomic E-state index is 12.7. The summed E-state index contributed by atoms with van der Waals surface area (Å²) in [6.07, 6.45) is -2.45. The Morgan fingerprint density at radius 1 is 1.57 bits per heavy atom. The number of hydrogen-bond acceptors (Lipinski definition) is 3. The molecule has 0 bridgehead atoms. The van der Waals surface area contributed by atoms with Crippen LogP contribution in [0.4, 0.5) is 18.9 Å². The summed E-state index contributed by atoms with van der Waals surface area (Å²) in [7, 11) is 0. The van der Waals surface area contributed by atoms with Crippen LogP contribution in [0.25, 0.3) is 0 Å². The van der Waals surface area contributed by atoms with Gasteiger partial charge in [-0.15, -0.1) is 0 Å². The molecule has 7 heteroatoms.